The SMILES string of the molecule is CC(CO)CCCNc1ncnc(Cl)c1C(C)C. The summed E-state index contributed by atoms with van der Waals surface area (Å²) in [7, 11) is 0. The molecule has 1 aromatic heterocycles. The minimum absolute atomic E-state index is 0.247. The lowest BCUT2D eigenvalue weighted by Gasteiger charge is -2.14. The second-order valence-corrected chi connectivity index (χ2v) is 5.30. The molecule has 0 bridgehead atoms. The molecule has 0 aromatic carbocycles. The summed E-state index contributed by atoms with van der Waals surface area (Å²) in [6, 6.07) is 0. The molecule has 0 amide bonds. The normalized spacial score (nSPS) is 12.8. The van der Waals surface area contributed by atoms with Gasteiger partial charge < -0.3 is 10.4 Å². The topological polar surface area (TPSA) is 58.0 Å². The highest BCUT2D eigenvalue weighted by molar-refractivity contribution is 6.30. The molecule has 0 radical (unpaired) electrons. The van der Waals surface area contributed by atoms with Gasteiger partial charge in [-0.2, -0.15) is 0 Å². The van der Waals surface area contributed by atoms with Gasteiger partial charge in [-0.25, -0.2) is 9.97 Å². The third-order valence-corrected chi connectivity index (χ3v) is 3.19. The van der Waals surface area contributed by atoms with Gasteiger partial charge in [0.25, 0.3) is 0 Å². The predicted octanol–water partition coefficient (Wildman–Crippen LogP) is 3.07. The van der Waals surface area contributed by atoms with Crippen LogP contribution in [0.25, 0.3) is 0 Å². The van der Waals surface area contributed by atoms with Crippen molar-refractivity contribution in [1.82, 2.24) is 9.97 Å². The van der Waals surface area contributed by atoms with Gasteiger partial charge in [-0.3, -0.25) is 0 Å². The summed E-state index contributed by atoms with van der Waals surface area (Å²) in [5.74, 6) is 1.46. The largest absolute Gasteiger partial charge is 0.396 e. The summed E-state index contributed by atoms with van der Waals surface area (Å²) in [4.78, 5) is 8.25. The molecular formula is C13H22ClN3O. The van der Waals surface area contributed by atoms with Gasteiger partial charge in [-0.05, 0) is 24.7 Å². The van der Waals surface area contributed by atoms with Gasteiger partial charge >= 0.3 is 0 Å². The average Bonchev–Trinajstić information content (AvgIpc) is 2.33. The van der Waals surface area contributed by atoms with Crippen LogP contribution in [0.5, 0.6) is 0 Å². The maximum atomic E-state index is 8.95. The van der Waals surface area contributed by atoms with Gasteiger partial charge in [0.1, 0.15) is 17.3 Å². The standard InChI is InChI=1S/C13H22ClN3O/c1-9(2)11-12(14)16-8-17-13(11)15-6-4-5-10(3)7-18/h8-10,18H,4-7H2,1-3H3,(H,15,16,17). The van der Waals surface area contributed by atoms with E-state index >= 15 is 0 Å². The van der Waals surface area contributed by atoms with Gasteiger partial charge in [0.2, 0.25) is 0 Å². The molecule has 1 atom stereocenters. The Kier molecular flexibility index (Phi) is 6.36. The molecule has 0 fully saturated rings. The molecule has 0 aliphatic rings. The van der Waals surface area contributed by atoms with Gasteiger partial charge in [0, 0.05) is 18.7 Å². The maximum absolute atomic E-state index is 8.95. The van der Waals surface area contributed by atoms with Crippen molar-refractivity contribution < 1.29 is 5.11 Å². The molecule has 5 heteroatoms. The third kappa shape index (κ3) is 4.42. The molecule has 1 rings (SSSR count). The molecule has 2 N–H and O–H groups in total. The highest BCUT2D eigenvalue weighted by Gasteiger charge is 2.13. The highest BCUT2D eigenvalue weighted by Crippen LogP contribution is 2.27. The number of rotatable bonds is 7. The van der Waals surface area contributed by atoms with Gasteiger partial charge in [0.15, 0.2) is 0 Å². The molecular weight excluding hydrogens is 250 g/mol. The van der Waals surface area contributed by atoms with Gasteiger partial charge in [-0.1, -0.05) is 32.4 Å². The number of nitrogens with one attached hydrogen (secondary N) is 1. The van der Waals surface area contributed by atoms with Crippen LogP contribution in [0.15, 0.2) is 6.33 Å². The fraction of sp³-hybridized carbons (Fsp3) is 0.692. The minimum Gasteiger partial charge on any atom is -0.396 e. The second kappa shape index (κ2) is 7.54. The average molecular weight is 272 g/mol. The summed E-state index contributed by atoms with van der Waals surface area (Å²) in [6.07, 6.45) is 3.48. The molecule has 0 spiro atoms. The zero-order valence-electron chi connectivity index (χ0n) is 11.3. The van der Waals surface area contributed by atoms with Crippen molar-refractivity contribution in [2.45, 2.75) is 39.5 Å². The summed E-state index contributed by atoms with van der Waals surface area (Å²) >= 11 is 6.09. The number of aliphatic hydroxyl groups excluding tert-OH is 1. The van der Waals surface area contributed by atoms with Crippen molar-refractivity contribution in [1.29, 1.82) is 0 Å². The number of anilines is 1. The monoisotopic (exact) mass is 271 g/mol. The van der Waals surface area contributed by atoms with Crippen LogP contribution in [0.2, 0.25) is 5.15 Å². The zero-order chi connectivity index (χ0) is 13.5. The minimum atomic E-state index is 0.247. The van der Waals surface area contributed by atoms with E-state index in [0.29, 0.717) is 11.1 Å². The van der Waals surface area contributed by atoms with Gasteiger partial charge in [0.05, 0.1) is 0 Å². The van der Waals surface area contributed by atoms with E-state index in [4.69, 9.17) is 16.7 Å². The van der Waals surface area contributed by atoms with Crippen LogP contribution in [0.4, 0.5) is 5.82 Å². The number of halogens is 1. The molecule has 0 saturated heterocycles. The first-order chi connectivity index (χ1) is 8.56. The predicted molar refractivity (Wildman–Crippen MR) is 75.1 cm³/mol. The Bertz CT molecular complexity index is 371. The van der Waals surface area contributed by atoms with E-state index in [1.54, 1.807) is 0 Å². The summed E-state index contributed by atoms with van der Waals surface area (Å²) in [5, 5.41) is 12.8. The van der Waals surface area contributed by atoms with E-state index in [1.165, 1.54) is 6.33 Å². The van der Waals surface area contributed by atoms with Gasteiger partial charge in [-0.15, -0.1) is 0 Å². The number of aromatic nitrogens is 2. The van der Waals surface area contributed by atoms with E-state index in [9.17, 15) is 0 Å². The van der Waals surface area contributed by atoms with Crippen molar-refractivity contribution in [2.75, 3.05) is 18.5 Å². The quantitative estimate of drug-likeness (QED) is 0.591. The lowest BCUT2D eigenvalue weighted by atomic mass is 10.1. The lowest BCUT2D eigenvalue weighted by Crippen LogP contribution is -2.10. The fourth-order valence-corrected chi connectivity index (χ4v) is 2.13. The van der Waals surface area contributed by atoms with Crippen molar-refractivity contribution in [3.05, 3.63) is 17.0 Å². The number of nitrogens with zero attached hydrogens (tertiary/aromatic N) is 2. The lowest BCUT2D eigenvalue weighted by molar-refractivity contribution is 0.229. The Hall–Kier alpha value is -0.870. The smallest absolute Gasteiger partial charge is 0.138 e. The van der Waals surface area contributed by atoms with Crippen LogP contribution < -0.4 is 5.32 Å². The third-order valence-electron chi connectivity index (χ3n) is 2.89. The molecule has 1 unspecified atom stereocenters. The van der Waals surface area contributed by atoms with E-state index in [1.807, 2.05) is 6.92 Å². The van der Waals surface area contributed by atoms with Crippen molar-refractivity contribution >= 4 is 17.4 Å². The first-order valence-corrected chi connectivity index (χ1v) is 6.79. The van der Waals surface area contributed by atoms with Crippen LogP contribution in [0, 0.1) is 5.92 Å². The molecule has 18 heavy (non-hydrogen) atoms. The molecule has 0 aliphatic carbocycles. The van der Waals surface area contributed by atoms with Crippen molar-refractivity contribution in [3.8, 4) is 0 Å². The second-order valence-electron chi connectivity index (χ2n) is 4.94. The molecule has 102 valence electrons. The Labute approximate surface area is 114 Å². The van der Waals surface area contributed by atoms with Crippen LogP contribution in [0.1, 0.15) is 45.1 Å². The summed E-state index contributed by atoms with van der Waals surface area (Å²) in [6.45, 7) is 7.27. The molecule has 0 saturated carbocycles. The Morgan fingerprint density at radius 3 is 2.67 bits per heavy atom. The van der Waals surface area contributed by atoms with Crippen LogP contribution in [-0.2, 0) is 0 Å². The van der Waals surface area contributed by atoms with Crippen LogP contribution >= 0.6 is 11.6 Å². The van der Waals surface area contributed by atoms with E-state index < -0.39 is 0 Å². The highest BCUT2D eigenvalue weighted by atomic mass is 35.5. The first kappa shape index (κ1) is 15.2. The summed E-state index contributed by atoms with van der Waals surface area (Å²) in [5.41, 5.74) is 0.967. The van der Waals surface area contributed by atoms with Crippen LogP contribution in [-0.4, -0.2) is 28.2 Å². The first-order valence-electron chi connectivity index (χ1n) is 6.41. The number of hydrogen-bond acceptors (Lipinski definition) is 4. The van der Waals surface area contributed by atoms with E-state index in [2.05, 4.69) is 29.1 Å². The zero-order valence-corrected chi connectivity index (χ0v) is 12.0. The molecule has 1 aromatic rings. The van der Waals surface area contributed by atoms with Crippen LogP contribution in [0.3, 0.4) is 0 Å². The molecule has 4 nitrogen and oxygen atoms in total. The Morgan fingerprint density at radius 2 is 2.06 bits per heavy atom. The summed E-state index contributed by atoms with van der Waals surface area (Å²) < 4.78 is 0. The number of hydrogen-bond donors (Lipinski definition) is 2. The Balaban J connectivity index is 2.54. The Morgan fingerprint density at radius 1 is 1.33 bits per heavy atom. The van der Waals surface area contributed by atoms with E-state index in [0.717, 1.165) is 30.8 Å². The van der Waals surface area contributed by atoms with Crippen molar-refractivity contribution in [3.63, 3.8) is 0 Å². The van der Waals surface area contributed by atoms with E-state index in [-0.39, 0.29) is 12.5 Å². The molecule has 1 heterocycles. The number of aliphatic hydroxyl groups is 1. The maximum Gasteiger partial charge on any atom is 0.138 e. The molecule has 0 aliphatic heterocycles. The fourth-order valence-electron chi connectivity index (χ4n) is 1.78. The van der Waals surface area contributed by atoms with Crippen molar-refractivity contribution in [2.24, 2.45) is 5.92 Å².